The fourth-order valence-corrected chi connectivity index (χ4v) is 2.29. The second-order valence-electron chi connectivity index (χ2n) is 4.96. The van der Waals surface area contributed by atoms with Crippen LogP contribution in [-0.2, 0) is 16.0 Å². The maximum atomic E-state index is 12.2. The standard InChI is InChI=1S/C15H18N2O4/c1-2-10-5-7-11(8-6-10)13-14(20)17(15(21)16-13)9-3-4-12(18)19/h5-8,13H,2-4,9H2,1H3,(H,16,21)(H,18,19). The van der Waals surface area contributed by atoms with Crippen molar-refractivity contribution >= 4 is 17.9 Å². The summed E-state index contributed by atoms with van der Waals surface area (Å²) >= 11 is 0. The number of carboxylic acid groups (broad SMARTS) is 1. The van der Waals surface area contributed by atoms with Gasteiger partial charge in [0.1, 0.15) is 6.04 Å². The van der Waals surface area contributed by atoms with Crippen LogP contribution in [0.2, 0.25) is 0 Å². The van der Waals surface area contributed by atoms with Gasteiger partial charge in [-0.05, 0) is 24.0 Å². The van der Waals surface area contributed by atoms with Crippen LogP contribution in [0.3, 0.4) is 0 Å². The maximum absolute atomic E-state index is 12.2. The maximum Gasteiger partial charge on any atom is 0.325 e. The summed E-state index contributed by atoms with van der Waals surface area (Å²) in [4.78, 5) is 35.6. The predicted octanol–water partition coefficient (Wildman–Crippen LogP) is 1.71. The van der Waals surface area contributed by atoms with E-state index in [0.29, 0.717) is 0 Å². The molecule has 1 heterocycles. The van der Waals surface area contributed by atoms with Crippen LogP contribution >= 0.6 is 0 Å². The number of carboxylic acids is 1. The summed E-state index contributed by atoms with van der Waals surface area (Å²) in [6.07, 6.45) is 1.11. The molecule has 1 aromatic rings. The molecule has 3 amide bonds. The number of aliphatic carboxylic acids is 1. The molecule has 112 valence electrons. The van der Waals surface area contributed by atoms with Crippen molar-refractivity contribution in [2.24, 2.45) is 0 Å². The summed E-state index contributed by atoms with van der Waals surface area (Å²) in [5.74, 6) is -1.26. The Morgan fingerprint density at radius 3 is 2.52 bits per heavy atom. The van der Waals surface area contributed by atoms with Crippen LogP contribution in [0.25, 0.3) is 0 Å². The Hall–Kier alpha value is -2.37. The molecule has 1 aliphatic heterocycles. The number of hydrogen-bond acceptors (Lipinski definition) is 3. The highest BCUT2D eigenvalue weighted by molar-refractivity contribution is 6.04. The molecule has 1 saturated heterocycles. The number of imide groups is 1. The van der Waals surface area contributed by atoms with Gasteiger partial charge < -0.3 is 10.4 Å². The SMILES string of the molecule is CCc1ccc(C2NC(=O)N(CCCC(=O)O)C2=O)cc1. The Balaban J connectivity index is 2.04. The first-order valence-corrected chi connectivity index (χ1v) is 6.95. The van der Waals surface area contributed by atoms with E-state index in [-0.39, 0.29) is 25.3 Å². The number of benzene rings is 1. The summed E-state index contributed by atoms with van der Waals surface area (Å²) in [7, 11) is 0. The molecule has 6 heteroatoms. The molecular weight excluding hydrogens is 272 g/mol. The molecule has 1 aliphatic rings. The second kappa shape index (κ2) is 6.39. The van der Waals surface area contributed by atoms with Crippen LogP contribution in [0.15, 0.2) is 24.3 Å². The van der Waals surface area contributed by atoms with Crippen LogP contribution in [0, 0.1) is 0 Å². The summed E-state index contributed by atoms with van der Waals surface area (Å²) < 4.78 is 0. The highest BCUT2D eigenvalue weighted by Crippen LogP contribution is 2.22. The molecule has 1 aromatic carbocycles. The van der Waals surface area contributed by atoms with Gasteiger partial charge in [0.2, 0.25) is 0 Å². The molecular formula is C15H18N2O4. The lowest BCUT2D eigenvalue weighted by Crippen LogP contribution is -2.32. The zero-order chi connectivity index (χ0) is 15.4. The van der Waals surface area contributed by atoms with Crippen molar-refractivity contribution in [2.45, 2.75) is 32.2 Å². The zero-order valence-corrected chi connectivity index (χ0v) is 11.8. The molecule has 0 aromatic heterocycles. The summed E-state index contributed by atoms with van der Waals surface area (Å²) in [6.45, 7) is 2.17. The number of nitrogens with zero attached hydrogens (tertiary/aromatic N) is 1. The molecule has 0 radical (unpaired) electrons. The van der Waals surface area contributed by atoms with E-state index in [2.05, 4.69) is 5.32 Å². The van der Waals surface area contributed by atoms with Crippen LogP contribution in [-0.4, -0.2) is 34.5 Å². The molecule has 21 heavy (non-hydrogen) atoms. The van der Waals surface area contributed by atoms with Crippen LogP contribution < -0.4 is 5.32 Å². The number of aryl methyl sites for hydroxylation is 1. The van der Waals surface area contributed by atoms with Crippen molar-refractivity contribution in [3.63, 3.8) is 0 Å². The lowest BCUT2D eigenvalue weighted by Gasteiger charge is -2.12. The number of carbonyl (C=O) groups excluding carboxylic acids is 2. The summed E-state index contributed by atoms with van der Waals surface area (Å²) in [5, 5.41) is 11.2. The van der Waals surface area contributed by atoms with Gasteiger partial charge in [0.15, 0.2) is 0 Å². The second-order valence-corrected chi connectivity index (χ2v) is 4.96. The molecule has 6 nitrogen and oxygen atoms in total. The first kappa shape index (κ1) is 15.0. The predicted molar refractivity (Wildman–Crippen MR) is 75.7 cm³/mol. The zero-order valence-electron chi connectivity index (χ0n) is 11.8. The van der Waals surface area contributed by atoms with Crippen LogP contribution in [0.5, 0.6) is 0 Å². The fraction of sp³-hybridized carbons (Fsp3) is 0.400. The third-order valence-corrected chi connectivity index (χ3v) is 3.52. The first-order chi connectivity index (χ1) is 10.0. The first-order valence-electron chi connectivity index (χ1n) is 6.95. The monoisotopic (exact) mass is 290 g/mol. The lowest BCUT2D eigenvalue weighted by atomic mass is 10.0. The summed E-state index contributed by atoms with van der Waals surface area (Å²) in [5.41, 5.74) is 1.90. The van der Waals surface area contributed by atoms with Crippen molar-refractivity contribution in [1.29, 1.82) is 0 Å². The molecule has 1 fully saturated rings. The molecule has 2 N–H and O–H groups in total. The van der Waals surface area contributed by atoms with Gasteiger partial charge in [0.05, 0.1) is 0 Å². The number of rotatable bonds is 6. The average Bonchev–Trinajstić information content (AvgIpc) is 2.75. The molecule has 0 aliphatic carbocycles. The largest absolute Gasteiger partial charge is 0.481 e. The van der Waals surface area contributed by atoms with Crippen LogP contribution in [0.4, 0.5) is 4.79 Å². The Kier molecular flexibility index (Phi) is 4.57. The van der Waals surface area contributed by atoms with E-state index < -0.39 is 18.0 Å². The fourth-order valence-electron chi connectivity index (χ4n) is 2.29. The average molecular weight is 290 g/mol. The third kappa shape index (κ3) is 3.39. The van der Waals surface area contributed by atoms with Gasteiger partial charge in [-0.3, -0.25) is 14.5 Å². The Bertz CT molecular complexity index is 553. The molecule has 0 saturated carbocycles. The molecule has 1 atom stereocenters. The van der Waals surface area contributed by atoms with E-state index in [1.54, 1.807) is 0 Å². The number of urea groups is 1. The lowest BCUT2D eigenvalue weighted by molar-refractivity contribution is -0.137. The minimum Gasteiger partial charge on any atom is -0.481 e. The molecule has 1 unspecified atom stereocenters. The van der Waals surface area contributed by atoms with Gasteiger partial charge in [0, 0.05) is 13.0 Å². The number of amides is 3. The number of nitrogens with one attached hydrogen (secondary N) is 1. The van der Waals surface area contributed by atoms with E-state index in [1.165, 1.54) is 0 Å². The minimum atomic E-state index is -0.936. The van der Waals surface area contributed by atoms with Crippen molar-refractivity contribution in [2.75, 3.05) is 6.54 Å². The van der Waals surface area contributed by atoms with Gasteiger partial charge in [-0.15, -0.1) is 0 Å². The van der Waals surface area contributed by atoms with E-state index in [9.17, 15) is 14.4 Å². The highest BCUT2D eigenvalue weighted by atomic mass is 16.4. The van der Waals surface area contributed by atoms with Crippen molar-refractivity contribution < 1.29 is 19.5 Å². The van der Waals surface area contributed by atoms with Crippen molar-refractivity contribution in [3.8, 4) is 0 Å². The third-order valence-electron chi connectivity index (χ3n) is 3.52. The topological polar surface area (TPSA) is 86.7 Å². The minimum absolute atomic E-state index is 0.0626. The van der Waals surface area contributed by atoms with E-state index in [4.69, 9.17) is 5.11 Å². The van der Waals surface area contributed by atoms with E-state index in [1.807, 2.05) is 31.2 Å². The van der Waals surface area contributed by atoms with E-state index in [0.717, 1.165) is 22.4 Å². The Labute approximate surface area is 122 Å². The molecule has 0 bridgehead atoms. The van der Waals surface area contributed by atoms with Gasteiger partial charge in [-0.1, -0.05) is 31.2 Å². The normalized spacial score (nSPS) is 18.0. The smallest absolute Gasteiger partial charge is 0.325 e. The van der Waals surface area contributed by atoms with Gasteiger partial charge in [-0.2, -0.15) is 0 Å². The molecule has 2 rings (SSSR count). The molecule has 0 spiro atoms. The van der Waals surface area contributed by atoms with Gasteiger partial charge in [-0.25, -0.2) is 4.79 Å². The van der Waals surface area contributed by atoms with Crippen molar-refractivity contribution in [1.82, 2.24) is 10.2 Å². The Morgan fingerprint density at radius 1 is 1.29 bits per heavy atom. The van der Waals surface area contributed by atoms with E-state index >= 15 is 0 Å². The quantitative estimate of drug-likeness (QED) is 0.781. The van der Waals surface area contributed by atoms with Crippen molar-refractivity contribution in [3.05, 3.63) is 35.4 Å². The number of carbonyl (C=O) groups is 3. The highest BCUT2D eigenvalue weighted by Gasteiger charge is 2.38. The Morgan fingerprint density at radius 2 is 1.95 bits per heavy atom. The van der Waals surface area contributed by atoms with Gasteiger partial charge >= 0.3 is 12.0 Å². The summed E-state index contributed by atoms with van der Waals surface area (Å²) in [6, 6.07) is 6.40. The number of hydrogen-bond donors (Lipinski definition) is 2. The van der Waals surface area contributed by atoms with Gasteiger partial charge in [0.25, 0.3) is 5.91 Å². The van der Waals surface area contributed by atoms with Crippen LogP contribution in [0.1, 0.15) is 36.9 Å².